The Balaban J connectivity index is 1.79. The molecule has 0 heterocycles. The number of allylic oxidation sites excluding steroid dienone is 2. The fourth-order valence-corrected chi connectivity index (χ4v) is 6.75. The zero-order valence-electron chi connectivity index (χ0n) is 18.6. The van der Waals surface area contributed by atoms with Crippen LogP contribution in [0.5, 0.6) is 0 Å². The smallest absolute Gasteiger partial charge is 0.407 e. The second-order valence-corrected chi connectivity index (χ2v) is 11.2. The molecule has 4 atom stereocenters. The standard InChI is InChI=1S/C24H30BrN3O4/c1-21(2,3)32-20(31)28-13-12-23(18(26)29)16-8-9-17(22(16)10-11-22)24(23,19(27)30)14-4-6-15(25)7-5-14/h4-9,16-17H,10-13H2,1-3H3,(H2,26,29)(H2,27,30)(H,28,31)/t16-,17+,23+,24-/m1/s1. The van der Waals surface area contributed by atoms with Gasteiger partial charge in [0, 0.05) is 16.9 Å². The van der Waals surface area contributed by atoms with Gasteiger partial charge in [-0.15, -0.1) is 0 Å². The second-order valence-electron chi connectivity index (χ2n) is 10.3. The first-order chi connectivity index (χ1) is 14.9. The first kappa shape index (κ1) is 22.8. The van der Waals surface area contributed by atoms with Crippen molar-refractivity contribution in [1.29, 1.82) is 0 Å². The highest BCUT2D eigenvalue weighted by molar-refractivity contribution is 9.10. The molecule has 5 N–H and O–H groups in total. The number of carbonyl (C=O) groups is 3. The largest absolute Gasteiger partial charge is 0.444 e. The summed E-state index contributed by atoms with van der Waals surface area (Å²) in [6.07, 6.45) is 5.52. The molecule has 1 spiro atoms. The van der Waals surface area contributed by atoms with Crippen molar-refractivity contribution < 1.29 is 19.1 Å². The third-order valence-electron chi connectivity index (χ3n) is 7.58. The van der Waals surface area contributed by atoms with Crippen LogP contribution in [0.1, 0.15) is 45.6 Å². The predicted octanol–water partition coefficient (Wildman–Crippen LogP) is 3.15. The summed E-state index contributed by atoms with van der Waals surface area (Å²) in [6, 6.07) is 7.39. The molecule has 0 aliphatic heterocycles. The van der Waals surface area contributed by atoms with Crippen LogP contribution in [0, 0.1) is 22.7 Å². The number of primary amides is 2. The van der Waals surface area contributed by atoms with Crippen LogP contribution in [-0.4, -0.2) is 30.1 Å². The number of ether oxygens (including phenoxy) is 1. The maximum Gasteiger partial charge on any atom is 0.407 e. The minimum Gasteiger partial charge on any atom is -0.444 e. The Kier molecular flexibility index (Phi) is 5.23. The Morgan fingerprint density at radius 2 is 1.66 bits per heavy atom. The minimum absolute atomic E-state index is 0.135. The molecule has 1 aromatic rings. The molecule has 1 aromatic carbocycles. The van der Waals surface area contributed by atoms with Crippen LogP contribution in [0.2, 0.25) is 0 Å². The van der Waals surface area contributed by atoms with Crippen molar-refractivity contribution in [3.8, 4) is 0 Å². The van der Waals surface area contributed by atoms with Crippen molar-refractivity contribution in [2.45, 2.75) is 51.0 Å². The summed E-state index contributed by atoms with van der Waals surface area (Å²) in [4.78, 5) is 38.9. The van der Waals surface area contributed by atoms with Gasteiger partial charge in [-0.25, -0.2) is 4.79 Å². The average molecular weight is 504 g/mol. The van der Waals surface area contributed by atoms with Gasteiger partial charge in [0.25, 0.3) is 0 Å². The van der Waals surface area contributed by atoms with Gasteiger partial charge in [0.1, 0.15) is 5.60 Å². The lowest BCUT2D eigenvalue weighted by molar-refractivity contribution is -0.143. The first-order valence-corrected chi connectivity index (χ1v) is 11.7. The Morgan fingerprint density at radius 3 is 2.16 bits per heavy atom. The van der Waals surface area contributed by atoms with Crippen molar-refractivity contribution in [3.63, 3.8) is 0 Å². The van der Waals surface area contributed by atoms with Gasteiger partial charge in [0.05, 0.1) is 10.8 Å². The topological polar surface area (TPSA) is 125 Å². The van der Waals surface area contributed by atoms with Crippen molar-refractivity contribution in [2.75, 3.05) is 6.54 Å². The average Bonchev–Trinajstić information content (AvgIpc) is 3.34. The molecule has 0 aromatic heterocycles. The Bertz CT molecular complexity index is 995. The molecule has 7 nitrogen and oxygen atoms in total. The normalized spacial score (nSPS) is 31.5. The SMILES string of the molecule is CC(C)(C)OC(=O)NCC[C@@]1(C(N)=O)[C@@H]2C=C[C@@H](C23CC3)[C@@]1(C(N)=O)c1ccc(Br)cc1. The first-order valence-electron chi connectivity index (χ1n) is 10.9. The molecule has 0 unspecified atom stereocenters. The fraction of sp³-hybridized carbons (Fsp3) is 0.542. The number of nitrogens with two attached hydrogens (primary N) is 2. The van der Waals surface area contributed by atoms with E-state index in [1.54, 1.807) is 20.8 Å². The van der Waals surface area contributed by atoms with Crippen LogP contribution in [0.15, 0.2) is 40.9 Å². The Hall–Kier alpha value is -2.35. The summed E-state index contributed by atoms with van der Waals surface area (Å²) in [5.41, 5.74) is 9.61. The van der Waals surface area contributed by atoms with Crippen LogP contribution in [-0.2, 0) is 19.7 Å². The summed E-state index contributed by atoms with van der Waals surface area (Å²) in [5.74, 6) is -1.55. The van der Waals surface area contributed by atoms with Gasteiger partial charge in [0.2, 0.25) is 11.8 Å². The highest BCUT2D eigenvalue weighted by Crippen LogP contribution is 2.80. The summed E-state index contributed by atoms with van der Waals surface area (Å²) in [5, 5.41) is 2.74. The number of benzene rings is 1. The molecule has 2 fully saturated rings. The molecular weight excluding hydrogens is 474 g/mol. The van der Waals surface area contributed by atoms with E-state index in [4.69, 9.17) is 16.2 Å². The lowest BCUT2D eigenvalue weighted by atomic mass is 9.52. The van der Waals surface area contributed by atoms with Gasteiger partial charge >= 0.3 is 6.09 Å². The maximum atomic E-state index is 13.4. The van der Waals surface area contributed by atoms with Gasteiger partial charge < -0.3 is 21.5 Å². The zero-order valence-corrected chi connectivity index (χ0v) is 20.2. The van der Waals surface area contributed by atoms with E-state index in [-0.39, 0.29) is 30.2 Å². The van der Waals surface area contributed by atoms with Crippen LogP contribution < -0.4 is 16.8 Å². The summed E-state index contributed by atoms with van der Waals surface area (Å²) >= 11 is 3.44. The highest BCUT2D eigenvalue weighted by atomic mass is 79.9. The number of hydrogen-bond acceptors (Lipinski definition) is 4. The Morgan fingerprint density at radius 1 is 1.06 bits per heavy atom. The monoisotopic (exact) mass is 503 g/mol. The summed E-state index contributed by atoms with van der Waals surface area (Å²) in [6.45, 7) is 5.47. The van der Waals surface area contributed by atoms with Crippen molar-refractivity contribution in [2.24, 2.45) is 34.1 Å². The third kappa shape index (κ3) is 3.02. The fourth-order valence-electron chi connectivity index (χ4n) is 6.48. The van der Waals surface area contributed by atoms with E-state index < -0.39 is 34.3 Å². The minimum atomic E-state index is -1.29. The van der Waals surface area contributed by atoms with Gasteiger partial charge in [-0.3, -0.25) is 9.59 Å². The van der Waals surface area contributed by atoms with Crippen LogP contribution in [0.25, 0.3) is 0 Å². The molecule has 8 heteroatoms. The van der Waals surface area contributed by atoms with E-state index in [1.165, 1.54) is 0 Å². The third-order valence-corrected chi connectivity index (χ3v) is 8.11. The maximum absolute atomic E-state index is 13.4. The lowest BCUT2D eigenvalue weighted by Crippen LogP contribution is -2.63. The lowest BCUT2D eigenvalue weighted by Gasteiger charge is -2.48. The van der Waals surface area contributed by atoms with Gasteiger partial charge in [-0.2, -0.15) is 0 Å². The molecule has 3 aliphatic carbocycles. The van der Waals surface area contributed by atoms with Crippen molar-refractivity contribution in [3.05, 3.63) is 46.5 Å². The molecule has 172 valence electrons. The molecule has 4 rings (SSSR count). The van der Waals surface area contributed by atoms with Crippen LogP contribution in [0.3, 0.4) is 0 Å². The number of carbonyl (C=O) groups excluding carboxylic acids is 3. The van der Waals surface area contributed by atoms with Gasteiger partial charge in [-0.05, 0) is 69.1 Å². The zero-order chi connectivity index (χ0) is 23.5. The van der Waals surface area contributed by atoms with E-state index in [0.29, 0.717) is 5.56 Å². The van der Waals surface area contributed by atoms with Crippen molar-refractivity contribution in [1.82, 2.24) is 5.32 Å². The summed E-state index contributed by atoms with van der Waals surface area (Å²) in [7, 11) is 0. The molecule has 0 saturated heterocycles. The van der Waals surface area contributed by atoms with Gasteiger partial charge in [0.15, 0.2) is 0 Å². The quantitative estimate of drug-likeness (QED) is 0.515. The predicted molar refractivity (Wildman–Crippen MR) is 123 cm³/mol. The van der Waals surface area contributed by atoms with Crippen LogP contribution >= 0.6 is 15.9 Å². The van der Waals surface area contributed by atoms with E-state index in [1.807, 2.05) is 36.4 Å². The molecule has 32 heavy (non-hydrogen) atoms. The van der Waals surface area contributed by atoms with Crippen molar-refractivity contribution >= 4 is 33.8 Å². The molecular formula is C24H30BrN3O4. The van der Waals surface area contributed by atoms with E-state index >= 15 is 0 Å². The number of alkyl carbamates (subject to hydrolysis) is 1. The number of halogens is 1. The van der Waals surface area contributed by atoms with E-state index in [2.05, 4.69) is 21.2 Å². The molecule has 2 bridgehead atoms. The molecule has 3 amide bonds. The molecule has 2 saturated carbocycles. The molecule has 0 radical (unpaired) electrons. The number of hydrogen-bond donors (Lipinski definition) is 3. The number of nitrogens with one attached hydrogen (secondary N) is 1. The van der Waals surface area contributed by atoms with Gasteiger partial charge in [-0.1, -0.05) is 40.2 Å². The van der Waals surface area contributed by atoms with Crippen LogP contribution in [0.4, 0.5) is 4.79 Å². The summed E-state index contributed by atoms with van der Waals surface area (Å²) < 4.78 is 6.19. The number of rotatable bonds is 6. The Labute approximate surface area is 196 Å². The molecule has 3 aliphatic rings. The van der Waals surface area contributed by atoms with E-state index in [9.17, 15) is 14.4 Å². The second kappa shape index (κ2) is 7.33. The highest BCUT2D eigenvalue weighted by Gasteiger charge is 2.82. The number of amides is 3. The van der Waals surface area contributed by atoms with E-state index in [0.717, 1.165) is 17.3 Å².